The Kier molecular flexibility index (Phi) is 4.47. The number of carbonyl (C=O) groups is 1. The number of nitrogens with zero attached hydrogens (tertiary/aromatic N) is 1. The molecule has 0 unspecified atom stereocenters. The molecule has 0 spiro atoms. The van der Waals surface area contributed by atoms with E-state index in [1.54, 1.807) is 0 Å². The van der Waals surface area contributed by atoms with Gasteiger partial charge in [0, 0.05) is 18.8 Å². The molecular weight excluding hydrogens is 290 g/mol. The van der Waals surface area contributed by atoms with Gasteiger partial charge in [0.2, 0.25) is 0 Å². The van der Waals surface area contributed by atoms with Crippen LogP contribution in [0.3, 0.4) is 0 Å². The Morgan fingerprint density at radius 2 is 1.96 bits per heavy atom. The molecule has 0 aliphatic carbocycles. The van der Waals surface area contributed by atoms with E-state index in [0.717, 1.165) is 29.4 Å². The molecular formula is C19H28NO3+. The monoisotopic (exact) mass is 318 g/mol. The number of rotatable bonds is 5. The highest BCUT2D eigenvalue weighted by atomic mass is 16.5. The number of benzene rings is 1. The fraction of sp³-hybridized carbons (Fsp3) is 0.632. The zero-order valence-electron chi connectivity index (χ0n) is 14.2. The average Bonchev–Trinajstić information content (AvgIpc) is 2.57. The molecule has 3 fully saturated rings. The molecule has 1 N–H and O–H groups in total. The molecule has 23 heavy (non-hydrogen) atoms. The second-order valence-corrected chi connectivity index (χ2v) is 7.49. The van der Waals surface area contributed by atoms with Crippen molar-refractivity contribution < 1.29 is 19.1 Å². The van der Waals surface area contributed by atoms with Gasteiger partial charge in [-0.25, -0.2) is 0 Å². The minimum Gasteiger partial charge on any atom is -0.455 e. The van der Waals surface area contributed by atoms with Gasteiger partial charge in [0.1, 0.15) is 12.0 Å². The maximum absolute atomic E-state index is 13.0. The molecule has 0 radical (unpaired) electrons. The Balaban J connectivity index is 1.80. The first-order valence-corrected chi connectivity index (χ1v) is 8.74. The summed E-state index contributed by atoms with van der Waals surface area (Å²) in [4.78, 5) is 13.0. The van der Waals surface area contributed by atoms with Crippen LogP contribution in [-0.4, -0.2) is 55.0 Å². The van der Waals surface area contributed by atoms with Crippen molar-refractivity contribution in [2.45, 2.75) is 37.7 Å². The van der Waals surface area contributed by atoms with Crippen molar-refractivity contribution in [1.29, 1.82) is 0 Å². The number of quaternary nitrogens is 1. The van der Waals surface area contributed by atoms with Gasteiger partial charge < -0.3 is 14.3 Å². The van der Waals surface area contributed by atoms with Gasteiger partial charge in [0.25, 0.3) is 0 Å². The molecule has 2 atom stereocenters. The number of fused-ring (bicyclic) bond motifs is 3. The molecule has 0 saturated carbocycles. The highest BCUT2D eigenvalue weighted by Crippen LogP contribution is 2.36. The molecule has 3 aliphatic heterocycles. The Hall–Kier alpha value is -1.39. The second-order valence-electron chi connectivity index (χ2n) is 7.49. The quantitative estimate of drug-likeness (QED) is 0.668. The number of piperidine rings is 3. The van der Waals surface area contributed by atoms with E-state index in [1.165, 1.54) is 13.1 Å². The van der Waals surface area contributed by atoms with Crippen LogP contribution in [0.15, 0.2) is 30.3 Å². The number of carbonyl (C=O) groups excluding carboxylic acids is 1. The Labute approximate surface area is 138 Å². The molecule has 4 nitrogen and oxygen atoms in total. The van der Waals surface area contributed by atoms with Crippen LogP contribution in [0, 0.1) is 5.92 Å². The first-order valence-electron chi connectivity index (χ1n) is 8.74. The summed E-state index contributed by atoms with van der Waals surface area (Å²) >= 11 is 0. The van der Waals surface area contributed by atoms with E-state index in [1.807, 2.05) is 37.3 Å². The molecule has 0 aromatic heterocycles. The van der Waals surface area contributed by atoms with Crippen LogP contribution in [0.5, 0.6) is 0 Å². The predicted molar refractivity (Wildman–Crippen MR) is 88.9 cm³/mol. The van der Waals surface area contributed by atoms with Crippen LogP contribution in [0.25, 0.3) is 0 Å². The van der Waals surface area contributed by atoms with Crippen molar-refractivity contribution in [3.05, 3.63) is 35.9 Å². The summed E-state index contributed by atoms with van der Waals surface area (Å²) in [5.74, 6) is 0.224. The van der Waals surface area contributed by atoms with Crippen LogP contribution in [-0.2, 0) is 14.9 Å². The molecule has 3 aliphatic rings. The van der Waals surface area contributed by atoms with Gasteiger partial charge in [-0.15, -0.1) is 0 Å². The summed E-state index contributed by atoms with van der Waals surface area (Å²) in [6, 6.07) is 9.55. The lowest BCUT2D eigenvalue weighted by atomic mass is 9.78. The number of hydrogen-bond acceptors (Lipinski definition) is 3. The van der Waals surface area contributed by atoms with Gasteiger partial charge >= 0.3 is 5.97 Å². The molecule has 4 rings (SSSR count). The van der Waals surface area contributed by atoms with Crippen molar-refractivity contribution in [2.24, 2.45) is 5.92 Å². The van der Waals surface area contributed by atoms with Crippen molar-refractivity contribution in [3.63, 3.8) is 0 Å². The largest absolute Gasteiger partial charge is 0.455 e. The lowest BCUT2D eigenvalue weighted by molar-refractivity contribution is -0.928. The highest BCUT2D eigenvalue weighted by molar-refractivity contribution is 5.83. The van der Waals surface area contributed by atoms with E-state index in [2.05, 4.69) is 7.05 Å². The molecule has 1 aromatic carbocycles. The zero-order chi connectivity index (χ0) is 16.5. The molecule has 126 valence electrons. The van der Waals surface area contributed by atoms with Gasteiger partial charge in [-0.1, -0.05) is 37.3 Å². The zero-order valence-corrected chi connectivity index (χ0v) is 14.2. The first kappa shape index (κ1) is 16.5. The number of aliphatic hydroxyl groups excluding tert-OH is 1. The van der Waals surface area contributed by atoms with Gasteiger partial charge in [0.05, 0.1) is 26.7 Å². The van der Waals surface area contributed by atoms with Crippen molar-refractivity contribution in [2.75, 3.05) is 33.3 Å². The van der Waals surface area contributed by atoms with Crippen LogP contribution in [0.4, 0.5) is 0 Å². The summed E-state index contributed by atoms with van der Waals surface area (Å²) in [5, 5.41) is 10.0. The molecule has 1 aromatic rings. The normalized spacial score (nSPS) is 32.3. The van der Waals surface area contributed by atoms with Gasteiger partial charge in [-0.2, -0.15) is 0 Å². The molecule has 2 bridgehead atoms. The lowest BCUT2D eigenvalue weighted by Crippen LogP contribution is -2.62. The molecule has 3 saturated heterocycles. The van der Waals surface area contributed by atoms with E-state index >= 15 is 0 Å². The third-order valence-corrected chi connectivity index (χ3v) is 6.07. The van der Waals surface area contributed by atoms with Gasteiger partial charge in [0.15, 0.2) is 6.10 Å². The average molecular weight is 318 g/mol. The Morgan fingerprint density at radius 3 is 2.48 bits per heavy atom. The van der Waals surface area contributed by atoms with Crippen LogP contribution in [0.2, 0.25) is 0 Å². The topological polar surface area (TPSA) is 46.5 Å². The predicted octanol–water partition coefficient (Wildman–Crippen LogP) is 2.11. The van der Waals surface area contributed by atoms with Crippen molar-refractivity contribution in [1.82, 2.24) is 0 Å². The maximum Gasteiger partial charge on any atom is 0.319 e. The van der Waals surface area contributed by atoms with Gasteiger partial charge in [-0.3, -0.25) is 4.79 Å². The van der Waals surface area contributed by atoms with Crippen LogP contribution >= 0.6 is 0 Å². The fourth-order valence-electron chi connectivity index (χ4n) is 4.22. The minimum absolute atomic E-state index is 0.00353. The number of aliphatic hydroxyl groups is 1. The van der Waals surface area contributed by atoms with E-state index in [0.29, 0.717) is 12.3 Å². The molecule has 3 heterocycles. The maximum atomic E-state index is 13.0. The number of likely N-dealkylation sites (N-methyl/N-ethyl adjacent to an activating group) is 1. The van der Waals surface area contributed by atoms with Crippen LogP contribution in [0.1, 0.15) is 31.7 Å². The van der Waals surface area contributed by atoms with E-state index in [9.17, 15) is 9.90 Å². The fourth-order valence-corrected chi connectivity index (χ4v) is 4.22. The van der Waals surface area contributed by atoms with Crippen LogP contribution < -0.4 is 0 Å². The highest BCUT2D eigenvalue weighted by Gasteiger charge is 2.48. The molecule has 4 heteroatoms. The van der Waals surface area contributed by atoms with E-state index < -0.39 is 5.41 Å². The summed E-state index contributed by atoms with van der Waals surface area (Å²) in [6.07, 6.45) is 2.81. The summed E-state index contributed by atoms with van der Waals surface area (Å²) in [7, 11) is 2.26. The van der Waals surface area contributed by atoms with E-state index in [4.69, 9.17) is 4.74 Å². The minimum atomic E-state index is -0.939. The second kappa shape index (κ2) is 6.25. The third kappa shape index (κ3) is 2.90. The Morgan fingerprint density at radius 1 is 1.30 bits per heavy atom. The summed E-state index contributed by atoms with van der Waals surface area (Å²) in [6.45, 7) is 5.02. The number of hydrogen-bond donors (Lipinski definition) is 1. The molecule has 0 amide bonds. The summed E-state index contributed by atoms with van der Waals surface area (Å²) < 4.78 is 6.99. The first-order chi connectivity index (χ1) is 11.0. The lowest BCUT2D eigenvalue weighted by Gasteiger charge is -2.50. The third-order valence-electron chi connectivity index (χ3n) is 6.07. The summed E-state index contributed by atoms with van der Waals surface area (Å²) in [5.41, 5.74) is -0.0945. The van der Waals surface area contributed by atoms with E-state index in [-0.39, 0.29) is 18.7 Å². The van der Waals surface area contributed by atoms with Crippen molar-refractivity contribution >= 4 is 5.97 Å². The van der Waals surface area contributed by atoms with Crippen molar-refractivity contribution in [3.8, 4) is 0 Å². The van der Waals surface area contributed by atoms with Gasteiger partial charge in [-0.05, 0) is 12.0 Å². The Bertz CT molecular complexity index is 545. The number of ether oxygens (including phenoxy) is 1. The standard InChI is InChI=1S/C19H28NO3/c1-3-19(14-21,16-7-5-4-6-8-16)18(22)23-17-13-20(2)11-9-15(17)10-12-20/h4-8,15,17,21H,3,9-14H2,1-2H3/q+1/t15?,17-,19+,20?/m1/s1. The SMILES string of the molecule is CC[C@@](CO)(C(=O)O[C@@H]1C[N+]2(C)CCC1CC2)c1ccccc1. The smallest absolute Gasteiger partial charge is 0.319 e. The number of esters is 1.